The number of carbonyl (C=O) groups is 1. The van der Waals surface area contributed by atoms with Crippen LogP contribution in [-0.4, -0.2) is 36.8 Å². The molecule has 1 saturated heterocycles. The fourth-order valence-corrected chi connectivity index (χ4v) is 2.91. The summed E-state index contributed by atoms with van der Waals surface area (Å²) in [6, 6.07) is 0. The Morgan fingerprint density at radius 1 is 1.45 bits per heavy atom. The van der Waals surface area contributed by atoms with E-state index < -0.39 is 6.10 Å². The monoisotopic (exact) mass is 284 g/mol. The molecule has 1 aliphatic rings. The minimum Gasteiger partial charge on any atom is -0.391 e. The number of aliphatic hydroxyl groups excluding tert-OH is 1. The summed E-state index contributed by atoms with van der Waals surface area (Å²) in [6.45, 7) is 10.9. The Hall–Kier alpha value is -0.610. The molecule has 0 spiro atoms. The maximum Gasteiger partial charge on any atom is 0.220 e. The zero-order valence-electron chi connectivity index (χ0n) is 13.5. The first kappa shape index (κ1) is 17.4. The molecule has 3 unspecified atom stereocenters. The van der Waals surface area contributed by atoms with Crippen molar-refractivity contribution in [3.05, 3.63) is 0 Å². The topological polar surface area (TPSA) is 61.4 Å². The van der Waals surface area contributed by atoms with Crippen LogP contribution in [0.4, 0.5) is 0 Å². The lowest BCUT2D eigenvalue weighted by atomic mass is 9.85. The zero-order valence-corrected chi connectivity index (χ0v) is 13.5. The van der Waals surface area contributed by atoms with Crippen LogP contribution in [0.3, 0.4) is 0 Å². The van der Waals surface area contributed by atoms with Crippen molar-refractivity contribution in [1.29, 1.82) is 0 Å². The third kappa shape index (κ3) is 7.25. The summed E-state index contributed by atoms with van der Waals surface area (Å²) in [7, 11) is 0. The minimum atomic E-state index is -0.453. The maximum atomic E-state index is 11.9. The molecule has 1 amide bonds. The molecule has 1 aliphatic heterocycles. The lowest BCUT2D eigenvalue weighted by molar-refractivity contribution is -0.122. The van der Waals surface area contributed by atoms with Crippen LogP contribution in [0.1, 0.15) is 53.4 Å². The number of amides is 1. The average Bonchev–Trinajstić information content (AvgIpc) is 2.35. The van der Waals surface area contributed by atoms with E-state index in [0.717, 1.165) is 13.1 Å². The van der Waals surface area contributed by atoms with Gasteiger partial charge in [0, 0.05) is 13.0 Å². The highest BCUT2D eigenvalue weighted by molar-refractivity contribution is 5.76. The summed E-state index contributed by atoms with van der Waals surface area (Å²) in [5.74, 6) is 1.08. The molecular weight excluding hydrogens is 252 g/mol. The van der Waals surface area contributed by atoms with Crippen LogP contribution in [0.25, 0.3) is 0 Å². The largest absolute Gasteiger partial charge is 0.391 e. The molecule has 0 aromatic carbocycles. The predicted octanol–water partition coefficient (Wildman–Crippen LogP) is 1.93. The predicted molar refractivity (Wildman–Crippen MR) is 82.5 cm³/mol. The van der Waals surface area contributed by atoms with Crippen LogP contribution < -0.4 is 10.6 Å². The summed E-state index contributed by atoms with van der Waals surface area (Å²) in [5, 5.41) is 16.2. The highest BCUT2D eigenvalue weighted by Gasteiger charge is 2.22. The van der Waals surface area contributed by atoms with E-state index >= 15 is 0 Å². The SMILES string of the molecule is CC(CC(=O)NCC(O)CC(C)(C)C)C1CCCNC1. The van der Waals surface area contributed by atoms with E-state index in [2.05, 4.69) is 38.3 Å². The molecule has 4 nitrogen and oxygen atoms in total. The summed E-state index contributed by atoms with van der Waals surface area (Å²) in [5.41, 5.74) is 0.0885. The van der Waals surface area contributed by atoms with Gasteiger partial charge in [-0.05, 0) is 49.6 Å². The van der Waals surface area contributed by atoms with Crippen molar-refractivity contribution in [2.75, 3.05) is 19.6 Å². The van der Waals surface area contributed by atoms with E-state index in [1.807, 2.05) is 0 Å². The second-order valence-electron chi connectivity index (χ2n) is 7.51. The third-order valence-corrected chi connectivity index (χ3v) is 4.03. The molecule has 3 atom stereocenters. The lowest BCUT2D eigenvalue weighted by Crippen LogP contribution is -2.38. The van der Waals surface area contributed by atoms with E-state index in [9.17, 15) is 9.90 Å². The van der Waals surface area contributed by atoms with Gasteiger partial charge in [0.05, 0.1) is 6.10 Å². The number of aliphatic hydroxyl groups is 1. The lowest BCUT2D eigenvalue weighted by Gasteiger charge is -2.28. The van der Waals surface area contributed by atoms with Gasteiger partial charge in [-0.2, -0.15) is 0 Å². The van der Waals surface area contributed by atoms with Crippen molar-refractivity contribution < 1.29 is 9.90 Å². The van der Waals surface area contributed by atoms with Crippen LogP contribution in [0.15, 0.2) is 0 Å². The van der Waals surface area contributed by atoms with E-state index in [4.69, 9.17) is 0 Å². The van der Waals surface area contributed by atoms with Crippen molar-refractivity contribution in [1.82, 2.24) is 10.6 Å². The molecule has 0 radical (unpaired) electrons. The molecule has 3 N–H and O–H groups in total. The Kier molecular flexibility index (Phi) is 6.96. The molecule has 118 valence electrons. The summed E-state index contributed by atoms with van der Waals surface area (Å²) < 4.78 is 0. The molecular formula is C16H32N2O2. The fraction of sp³-hybridized carbons (Fsp3) is 0.938. The first-order chi connectivity index (χ1) is 9.28. The normalized spacial score (nSPS) is 23.1. The van der Waals surface area contributed by atoms with Gasteiger partial charge in [0.1, 0.15) is 0 Å². The number of rotatable bonds is 6. The van der Waals surface area contributed by atoms with Gasteiger partial charge in [-0.25, -0.2) is 0 Å². The quantitative estimate of drug-likeness (QED) is 0.698. The molecule has 4 heteroatoms. The molecule has 1 fully saturated rings. The average molecular weight is 284 g/mol. The number of piperidine rings is 1. The van der Waals surface area contributed by atoms with Gasteiger partial charge in [0.25, 0.3) is 0 Å². The van der Waals surface area contributed by atoms with E-state index in [1.54, 1.807) is 0 Å². The molecule has 1 heterocycles. The van der Waals surface area contributed by atoms with Gasteiger partial charge in [-0.15, -0.1) is 0 Å². The second-order valence-corrected chi connectivity index (χ2v) is 7.51. The van der Waals surface area contributed by atoms with Gasteiger partial charge >= 0.3 is 0 Å². The number of hydrogen-bond donors (Lipinski definition) is 3. The third-order valence-electron chi connectivity index (χ3n) is 4.03. The van der Waals surface area contributed by atoms with E-state index in [1.165, 1.54) is 12.8 Å². The van der Waals surface area contributed by atoms with Crippen molar-refractivity contribution in [2.45, 2.75) is 59.5 Å². The molecule has 0 bridgehead atoms. The van der Waals surface area contributed by atoms with Crippen molar-refractivity contribution in [3.8, 4) is 0 Å². The number of hydrogen-bond acceptors (Lipinski definition) is 3. The van der Waals surface area contributed by atoms with Crippen LogP contribution in [0, 0.1) is 17.3 Å². The highest BCUT2D eigenvalue weighted by Crippen LogP contribution is 2.23. The van der Waals surface area contributed by atoms with Crippen molar-refractivity contribution >= 4 is 5.91 Å². The van der Waals surface area contributed by atoms with Crippen LogP contribution in [-0.2, 0) is 4.79 Å². The van der Waals surface area contributed by atoms with E-state index in [-0.39, 0.29) is 11.3 Å². The van der Waals surface area contributed by atoms with Crippen molar-refractivity contribution in [2.24, 2.45) is 17.3 Å². The molecule has 0 saturated carbocycles. The second kappa shape index (κ2) is 7.99. The first-order valence-corrected chi connectivity index (χ1v) is 7.93. The Balaban J connectivity index is 2.22. The Morgan fingerprint density at radius 3 is 2.70 bits per heavy atom. The Bertz CT molecular complexity index is 293. The summed E-state index contributed by atoms with van der Waals surface area (Å²) in [6.07, 6.45) is 3.24. The fourth-order valence-electron chi connectivity index (χ4n) is 2.91. The summed E-state index contributed by atoms with van der Waals surface area (Å²) >= 11 is 0. The smallest absolute Gasteiger partial charge is 0.220 e. The Morgan fingerprint density at radius 2 is 2.15 bits per heavy atom. The van der Waals surface area contributed by atoms with Gasteiger partial charge in [-0.3, -0.25) is 4.79 Å². The van der Waals surface area contributed by atoms with Gasteiger partial charge in [-0.1, -0.05) is 27.7 Å². The summed E-state index contributed by atoms with van der Waals surface area (Å²) in [4.78, 5) is 11.9. The molecule has 0 aliphatic carbocycles. The van der Waals surface area contributed by atoms with Gasteiger partial charge < -0.3 is 15.7 Å². The number of carbonyl (C=O) groups excluding carboxylic acids is 1. The van der Waals surface area contributed by atoms with Crippen LogP contribution >= 0.6 is 0 Å². The highest BCUT2D eigenvalue weighted by atomic mass is 16.3. The van der Waals surface area contributed by atoms with E-state index in [0.29, 0.717) is 31.2 Å². The van der Waals surface area contributed by atoms with Crippen LogP contribution in [0.2, 0.25) is 0 Å². The molecule has 1 rings (SSSR count). The first-order valence-electron chi connectivity index (χ1n) is 7.93. The van der Waals surface area contributed by atoms with Gasteiger partial charge in [0.15, 0.2) is 0 Å². The molecule has 0 aromatic heterocycles. The van der Waals surface area contributed by atoms with Crippen molar-refractivity contribution in [3.63, 3.8) is 0 Å². The van der Waals surface area contributed by atoms with Crippen LogP contribution in [0.5, 0.6) is 0 Å². The Labute approximate surface area is 123 Å². The standard InChI is InChI=1S/C16H32N2O2/c1-12(13-6-5-7-17-10-13)8-15(20)18-11-14(19)9-16(2,3)4/h12-14,17,19H,5-11H2,1-4H3,(H,18,20). The molecule has 0 aromatic rings. The zero-order chi connectivity index (χ0) is 15.2. The van der Waals surface area contributed by atoms with Gasteiger partial charge in [0.2, 0.25) is 5.91 Å². The minimum absolute atomic E-state index is 0.0658. The molecule has 20 heavy (non-hydrogen) atoms. The number of nitrogens with one attached hydrogen (secondary N) is 2. The maximum absolute atomic E-state index is 11.9.